The molecule has 0 aliphatic carbocycles. The third-order valence-electron chi connectivity index (χ3n) is 7.38. The van der Waals surface area contributed by atoms with E-state index in [-0.39, 0.29) is 18.2 Å². The summed E-state index contributed by atoms with van der Waals surface area (Å²) in [5, 5.41) is 15.9. The minimum atomic E-state index is -0.948. The van der Waals surface area contributed by atoms with Crippen molar-refractivity contribution in [1.29, 1.82) is 0 Å². The van der Waals surface area contributed by atoms with Crippen molar-refractivity contribution in [2.75, 3.05) is 30.4 Å². The van der Waals surface area contributed by atoms with Crippen LogP contribution < -0.4 is 15.5 Å². The van der Waals surface area contributed by atoms with Crippen LogP contribution >= 0.6 is 0 Å². The van der Waals surface area contributed by atoms with Crippen LogP contribution in [0.4, 0.5) is 11.5 Å². The zero-order valence-corrected chi connectivity index (χ0v) is 21.5. The fourth-order valence-corrected chi connectivity index (χ4v) is 5.36. The molecule has 3 heterocycles. The van der Waals surface area contributed by atoms with Gasteiger partial charge in [-0.2, -0.15) is 0 Å². The highest BCUT2D eigenvalue weighted by atomic mass is 16.4. The van der Waals surface area contributed by atoms with Gasteiger partial charge in [-0.3, -0.25) is 14.4 Å². The number of amides is 2. The van der Waals surface area contributed by atoms with Crippen LogP contribution in [0, 0.1) is 0 Å². The fourth-order valence-electron chi connectivity index (χ4n) is 5.36. The Balaban J connectivity index is 1.24. The Hall–Kier alpha value is -4.20. The van der Waals surface area contributed by atoms with Crippen LogP contribution in [0.1, 0.15) is 74.7 Å². The van der Waals surface area contributed by atoms with Gasteiger partial charge in [0.2, 0.25) is 0 Å². The van der Waals surface area contributed by atoms with Crippen molar-refractivity contribution >= 4 is 29.3 Å². The van der Waals surface area contributed by atoms with E-state index >= 15 is 0 Å². The smallest absolute Gasteiger partial charge is 0.304 e. The Labute approximate surface area is 222 Å². The number of nitrogens with zero attached hydrogens (tertiary/aromatic N) is 2. The van der Waals surface area contributed by atoms with Gasteiger partial charge >= 0.3 is 5.97 Å². The Morgan fingerprint density at radius 1 is 1.11 bits per heavy atom. The molecule has 3 aromatic rings. The molecular formula is C30H32N4O4. The summed E-state index contributed by atoms with van der Waals surface area (Å²) in [6.07, 6.45) is 4.64. The number of rotatable bonds is 8. The number of anilines is 2. The zero-order chi connectivity index (χ0) is 26.6. The van der Waals surface area contributed by atoms with Crippen LogP contribution in [0.2, 0.25) is 0 Å². The van der Waals surface area contributed by atoms with Gasteiger partial charge in [-0.25, -0.2) is 4.98 Å². The van der Waals surface area contributed by atoms with Gasteiger partial charge in [0.25, 0.3) is 11.8 Å². The summed E-state index contributed by atoms with van der Waals surface area (Å²) >= 11 is 0. The number of carbonyl (C=O) groups is 3. The lowest BCUT2D eigenvalue weighted by atomic mass is 9.85. The van der Waals surface area contributed by atoms with Crippen LogP contribution in [-0.2, 0) is 17.6 Å². The van der Waals surface area contributed by atoms with Crippen molar-refractivity contribution in [2.45, 2.75) is 44.4 Å². The predicted octanol–water partition coefficient (Wildman–Crippen LogP) is 4.39. The lowest BCUT2D eigenvalue weighted by Crippen LogP contribution is -2.28. The maximum Gasteiger partial charge on any atom is 0.304 e. The van der Waals surface area contributed by atoms with Crippen LogP contribution in [0.5, 0.6) is 0 Å². The largest absolute Gasteiger partial charge is 0.481 e. The number of hydrogen-bond donors (Lipinski definition) is 3. The first-order valence-electron chi connectivity index (χ1n) is 13.2. The third-order valence-corrected chi connectivity index (χ3v) is 7.38. The molecule has 1 aromatic heterocycles. The highest BCUT2D eigenvalue weighted by molar-refractivity contribution is 6.09. The number of nitrogens with one attached hydrogen (secondary N) is 2. The summed E-state index contributed by atoms with van der Waals surface area (Å²) in [5.74, 6) is -0.879. The molecule has 0 radical (unpaired) electrons. The average molecular weight is 513 g/mol. The van der Waals surface area contributed by atoms with Crippen LogP contribution in [0.25, 0.3) is 0 Å². The molecular weight excluding hydrogens is 480 g/mol. The summed E-state index contributed by atoms with van der Waals surface area (Å²) in [6, 6.07) is 16.5. The maximum atomic E-state index is 13.2. The molecule has 1 unspecified atom stereocenters. The Kier molecular flexibility index (Phi) is 7.40. The lowest BCUT2D eigenvalue weighted by Gasteiger charge is -2.21. The van der Waals surface area contributed by atoms with Gasteiger partial charge in [0.15, 0.2) is 0 Å². The molecule has 5 rings (SSSR count). The summed E-state index contributed by atoms with van der Waals surface area (Å²) in [7, 11) is 1.66. The first-order valence-corrected chi connectivity index (χ1v) is 13.2. The number of pyridine rings is 1. The summed E-state index contributed by atoms with van der Waals surface area (Å²) in [6.45, 7) is 1.50. The second-order valence-electron chi connectivity index (χ2n) is 9.93. The van der Waals surface area contributed by atoms with E-state index < -0.39 is 11.9 Å². The predicted molar refractivity (Wildman–Crippen MR) is 146 cm³/mol. The van der Waals surface area contributed by atoms with Crippen molar-refractivity contribution < 1.29 is 19.5 Å². The van der Waals surface area contributed by atoms with Gasteiger partial charge in [-0.1, -0.05) is 30.3 Å². The first kappa shape index (κ1) is 25.4. The molecule has 2 aromatic carbocycles. The second-order valence-corrected chi connectivity index (χ2v) is 9.93. The molecule has 2 amide bonds. The molecule has 0 bridgehead atoms. The number of benzene rings is 2. The molecule has 0 saturated heterocycles. The van der Waals surface area contributed by atoms with Crippen molar-refractivity contribution in [3.05, 3.63) is 88.1 Å². The van der Waals surface area contributed by atoms with Crippen molar-refractivity contribution in [2.24, 2.45) is 0 Å². The van der Waals surface area contributed by atoms with Gasteiger partial charge < -0.3 is 20.6 Å². The number of hydrogen-bond acceptors (Lipinski definition) is 5. The highest BCUT2D eigenvalue weighted by Gasteiger charge is 2.32. The van der Waals surface area contributed by atoms with Crippen molar-refractivity contribution in [3.63, 3.8) is 0 Å². The molecule has 1 atom stereocenters. The number of aliphatic carboxylic acids is 1. The monoisotopic (exact) mass is 512 g/mol. The normalized spacial score (nSPS) is 16.0. The number of aromatic nitrogens is 1. The van der Waals surface area contributed by atoms with Gasteiger partial charge in [0.1, 0.15) is 5.82 Å². The second kappa shape index (κ2) is 11.0. The SMILES string of the molecule is CN1C(=O)c2ccccc2C(CC(=O)O)c2ccc(C(=O)NCCCCc3ccc4c(n3)NCCC4)cc21. The van der Waals surface area contributed by atoms with E-state index in [2.05, 4.69) is 22.8 Å². The van der Waals surface area contributed by atoms with E-state index in [4.69, 9.17) is 4.98 Å². The molecule has 2 aliphatic heterocycles. The molecule has 8 heteroatoms. The van der Waals surface area contributed by atoms with Gasteiger partial charge in [-0.15, -0.1) is 0 Å². The first-order chi connectivity index (χ1) is 18.4. The van der Waals surface area contributed by atoms with Crippen LogP contribution in [0.3, 0.4) is 0 Å². The topological polar surface area (TPSA) is 112 Å². The van der Waals surface area contributed by atoms with E-state index in [9.17, 15) is 19.5 Å². The molecule has 0 saturated carbocycles. The van der Waals surface area contributed by atoms with E-state index in [0.717, 1.165) is 55.7 Å². The van der Waals surface area contributed by atoms with E-state index in [0.29, 0.717) is 28.9 Å². The number of carbonyl (C=O) groups excluding carboxylic acids is 2. The molecule has 196 valence electrons. The average Bonchev–Trinajstić information content (AvgIpc) is 3.01. The van der Waals surface area contributed by atoms with Gasteiger partial charge in [0.05, 0.1) is 6.42 Å². The number of unbranched alkanes of at least 4 members (excludes halogenated alkanes) is 1. The molecule has 8 nitrogen and oxygen atoms in total. The summed E-state index contributed by atoms with van der Waals surface area (Å²) in [5.41, 5.74) is 5.21. The third kappa shape index (κ3) is 5.25. The standard InChI is InChI=1S/C30H32N4O4/c1-34-26-17-20(12-14-23(26)25(18-27(35)36)22-9-2-3-10-24(22)30(34)38)29(37)32-15-5-4-8-21-13-11-19-7-6-16-31-28(19)33-21/h2-3,9-14,17,25H,4-8,15-16,18H2,1H3,(H,31,33)(H,32,37)(H,35,36). The number of fused-ring (bicyclic) bond motifs is 3. The number of carboxylic acid groups (broad SMARTS) is 1. The molecule has 0 fully saturated rings. The van der Waals surface area contributed by atoms with Crippen molar-refractivity contribution in [3.8, 4) is 0 Å². The minimum absolute atomic E-state index is 0.147. The zero-order valence-electron chi connectivity index (χ0n) is 21.5. The molecule has 0 spiro atoms. The van der Waals surface area contributed by atoms with Crippen LogP contribution in [-0.4, -0.2) is 48.0 Å². The fraction of sp³-hybridized carbons (Fsp3) is 0.333. The number of carboxylic acids is 1. The van der Waals surface area contributed by atoms with E-state index in [1.54, 1.807) is 43.4 Å². The van der Waals surface area contributed by atoms with Gasteiger partial charge in [0, 0.05) is 48.6 Å². The Morgan fingerprint density at radius 2 is 1.95 bits per heavy atom. The van der Waals surface area contributed by atoms with Crippen LogP contribution in [0.15, 0.2) is 54.6 Å². The quantitative estimate of drug-likeness (QED) is 0.386. The summed E-state index contributed by atoms with van der Waals surface area (Å²) < 4.78 is 0. The highest BCUT2D eigenvalue weighted by Crippen LogP contribution is 2.40. The lowest BCUT2D eigenvalue weighted by molar-refractivity contribution is -0.137. The number of aryl methyl sites for hydroxylation is 2. The van der Waals surface area contributed by atoms with E-state index in [1.165, 1.54) is 10.5 Å². The molecule has 2 aliphatic rings. The minimum Gasteiger partial charge on any atom is -0.481 e. The Morgan fingerprint density at radius 3 is 2.79 bits per heavy atom. The molecule has 3 N–H and O–H groups in total. The summed E-state index contributed by atoms with van der Waals surface area (Å²) in [4.78, 5) is 44.1. The van der Waals surface area contributed by atoms with Gasteiger partial charge in [-0.05, 0) is 73.1 Å². The maximum absolute atomic E-state index is 13.2. The molecule has 38 heavy (non-hydrogen) atoms. The van der Waals surface area contributed by atoms with E-state index in [1.807, 2.05) is 6.07 Å². The van der Waals surface area contributed by atoms with Crippen molar-refractivity contribution in [1.82, 2.24) is 10.3 Å². The Bertz CT molecular complexity index is 1390.